The molecule has 1 heterocycles. The van der Waals surface area contributed by atoms with Crippen LogP contribution in [0.2, 0.25) is 5.02 Å². The Morgan fingerprint density at radius 1 is 1.00 bits per heavy atom. The first-order chi connectivity index (χ1) is 14.1. The highest BCUT2D eigenvalue weighted by Crippen LogP contribution is 2.30. The minimum absolute atomic E-state index is 0.210. The van der Waals surface area contributed by atoms with Crippen LogP contribution in [0.4, 0.5) is 10.1 Å². The maximum absolute atomic E-state index is 14.5. The van der Waals surface area contributed by atoms with Crippen molar-refractivity contribution in [1.82, 2.24) is 0 Å². The first-order valence-electron chi connectivity index (χ1n) is 8.86. The van der Waals surface area contributed by atoms with Gasteiger partial charge in [-0.05, 0) is 60.2 Å². The van der Waals surface area contributed by atoms with Crippen LogP contribution in [0, 0.1) is 5.82 Å². The highest BCUT2D eigenvalue weighted by atomic mass is 35.5. The average Bonchev–Trinajstić information content (AvgIpc) is 3.06. The van der Waals surface area contributed by atoms with Gasteiger partial charge in [-0.3, -0.25) is 9.69 Å². The zero-order valence-electron chi connectivity index (χ0n) is 15.5. The number of ether oxygens (including phenoxy) is 1. The second kappa shape index (κ2) is 7.89. The van der Waals surface area contributed by atoms with Gasteiger partial charge in [0.25, 0.3) is 5.91 Å². The lowest BCUT2D eigenvalue weighted by molar-refractivity contribution is -0.113. The Morgan fingerprint density at radius 2 is 1.69 bits per heavy atom. The van der Waals surface area contributed by atoms with E-state index in [1.54, 1.807) is 79.9 Å². The fourth-order valence-corrected chi connectivity index (χ4v) is 3.15. The first-order valence-corrected chi connectivity index (χ1v) is 9.24. The van der Waals surface area contributed by atoms with Crippen LogP contribution < -0.4 is 9.64 Å². The molecule has 0 unspecified atom stereocenters. The van der Waals surface area contributed by atoms with Crippen molar-refractivity contribution in [2.24, 2.45) is 4.99 Å². The Bertz CT molecular complexity index is 1120. The Morgan fingerprint density at radius 3 is 2.34 bits per heavy atom. The zero-order chi connectivity index (χ0) is 20.4. The number of hydrogen-bond donors (Lipinski definition) is 0. The molecule has 0 saturated heterocycles. The van der Waals surface area contributed by atoms with Gasteiger partial charge < -0.3 is 4.74 Å². The topological polar surface area (TPSA) is 41.9 Å². The highest BCUT2D eigenvalue weighted by molar-refractivity contribution is 6.33. The summed E-state index contributed by atoms with van der Waals surface area (Å²) in [5.41, 5.74) is 1.79. The summed E-state index contributed by atoms with van der Waals surface area (Å²) in [5.74, 6) is 0.0915. The van der Waals surface area contributed by atoms with Crippen LogP contribution in [-0.4, -0.2) is 18.9 Å². The lowest BCUT2D eigenvalue weighted by Gasteiger charge is -2.19. The van der Waals surface area contributed by atoms with E-state index in [-0.39, 0.29) is 23.0 Å². The normalized spacial score (nSPS) is 15.0. The molecule has 0 aromatic heterocycles. The van der Waals surface area contributed by atoms with Crippen molar-refractivity contribution < 1.29 is 13.9 Å². The predicted molar refractivity (Wildman–Crippen MR) is 113 cm³/mol. The van der Waals surface area contributed by atoms with Crippen molar-refractivity contribution in [3.63, 3.8) is 0 Å². The van der Waals surface area contributed by atoms with Crippen LogP contribution in [0.1, 0.15) is 11.1 Å². The number of carbonyl (C=O) groups is 1. The summed E-state index contributed by atoms with van der Waals surface area (Å²) in [6, 6.07) is 20.2. The number of halogens is 2. The third-order valence-electron chi connectivity index (χ3n) is 4.48. The number of nitrogens with zero attached hydrogens (tertiary/aromatic N) is 2. The van der Waals surface area contributed by atoms with Crippen molar-refractivity contribution in [2.45, 2.75) is 0 Å². The SMILES string of the molecule is COc1ccc(N2C(=O)/C(=C\c3ccc(Cl)cc3)N=C2c2ccccc2F)cc1. The summed E-state index contributed by atoms with van der Waals surface area (Å²) in [5, 5.41) is 0.598. The van der Waals surface area contributed by atoms with Gasteiger partial charge in [0.2, 0.25) is 0 Å². The molecule has 0 N–H and O–H groups in total. The second-order valence-corrected chi connectivity index (χ2v) is 6.77. The summed E-state index contributed by atoms with van der Waals surface area (Å²) in [6.07, 6.45) is 1.66. The molecule has 1 amide bonds. The van der Waals surface area contributed by atoms with E-state index in [1.807, 2.05) is 0 Å². The van der Waals surface area contributed by atoms with Gasteiger partial charge in [-0.15, -0.1) is 0 Å². The molecule has 29 heavy (non-hydrogen) atoms. The molecule has 0 spiro atoms. The van der Waals surface area contributed by atoms with Gasteiger partial charge in [0.1, 0.15) is 17.3 Å². The van der Waals surface area contributed by atoms with Crippen molar-refractivity contribution in [1.29, 1.82) is 0 Å². The van der Waals surface area contributed by atoms with E-state index in [4.69, 9.17) is 16.3 Å². The molecule has 4 rings (SSSR count). The molecule has 4 nitrogen and oxygen atoms in total. The lowest BCUT2D eigenvalue weighted by atomic mass is 10.1. The smallest absolute Gasteiger partial charge is 0.282 e. The van der Waals surface area contributed by atoms with Crippen LogP contribution in [0.5, 0.6) is 5.75 Å². The van der Waals surface area contributed by atoms with E-state index in [1.165, 1.54) is 11.0 Å². The van der Waals surface area contributed by atoms with Crippen LogP contribution in [0.3, 0.4) is 0 Å². The quantitative estimate of drug-likeness (QED) is 0.550. The Hall–Kier alpha value is -3.44. The highest BCUT2D eigenvalue weighted by Gasteiger charge is 2.33. The van der Waals surface area contributed by atoms with Gasteiger partial charge >= 0.3 is 0 Å². The largest absolute Gasteiger partial charge is 0.497 e. The number of hydrogen-bond acceptors (Lipinski definition) is 3. The Kier molecular flexibility index (Phi) is 5.14. The van der Waals surface area contributed by atoms with Crippen molar-refractivity contribution in [2.75, 3.05) is 12.0 Å². The molecule has 3 aromatic rings. The molecule has 0 fully saturated rings. The fourth-order valence-electron chi connectivity index (χ4n) is 3.03. The number of aliphatic imine (C=N–C) groups is 1. The minimum Gasteiger partial charge on any atom is -0.497 e. The number of methoxy groups -OCH3 is 1. The molecule has 6 heteroatoms. The molecular formula is C23H16ClFN2O2. The van der Waals surface area contributed by atoms with E-state index >= 15 is 0 Å². The summed E-state index contributed by atoms with van der Waals surface area (Å²) in [7, 11) is 1.56. The van der Waals surface area contributed by atoms with E-state index in [0.717, 1.165) is 5.56 Å². The van der Waals surface area contributed by atoms with Gasteiger partial charge in [-0.1, -0.05) is 35.9 Å². The number of amides is 1. The van der Waals surface area contributed by atoms with E-state index in [2.05, 4.69) is 4.99 Å². The first kappa shape index (κ1) is 18.9. The number of carbonyl (C=O) groups excluding carboxylic acids is 1. The zero-order valence-corrected chi connectivity index (χ0v) is 16.2. The monoisotopic (exact) mass is 406 g/mol. The molecule has 0 bridgehead atoms. The van der Waals surface area contributed by atoms with Crippen molar-refractivity contribution >= 4 is 35.1 Å². The summed E-state index contributed by atoms with van der Waals surface area (Å²) in [6.45, 7) is 0. The number of benzene rings is 3. The van der Waals surface area contributed by atoms with Crippen LogP contribution >= 0.6 is 11.6 Å². The summed E-state index contributed by atoms with van der Waals surface area (Å²) in [4.78, 5) is 19.1. The van der Waals surface area contributed by atoms with Crippen LogP contribution in [0.15, 0.2) is 83.5 Å². The average molecular weight is 407 g/mol. The predicted octanol–water partition coefficient (Wildman–Crippen LogP) is 5.32. The lowest BCUT2D eigenvalue weighted by Crippen LogP contribution is -2.33. The molecule has 144 valence electrons. The fraction of sp³-hybridized carbons (Fsp3) is 0.0435. The maximum Gasteiger partial charge on any atom is 0.282 e. The van der Waals surface area contributed by atoms with Gasteiger partial charge in [-0.2, -0.15) is 0 Å². The third-order valence-corrected chi connectivity index (χ3v) is 4.73. The number of anilines is 1. The third kappa shape index (κ3) is 3.77. The summed E-state index contributed by atoms with van der Waals surface area (Å²) < 4.78 is 19.7. The molecule has 0 radical (unpaired) electrons. The van der Waals surface area contributed by atoms with Crippen molar-refractivity contribution in [3.8, 4) is 5.75 Å². The molecule has 0 saturated carbocycles. The Balaban J connectivity index is 1.82. The minimum atomic E-state index is -0.453. The van der Waals surface area contributed by atoms with Gasteiger partial charge in [-0.25, -0.2) is 9.38 Å². The van der Waals surface area contributed by atoms with Gasteiger partial charge in [0, 0.05) is 5.02 Å². The maximum atomic E-state index is 14.5. The van der Waals surface area contributed by atoms with E-state index in [9.17, 15) is 9.18 Å². The molecule has 3 aromatic carbocycles. The van der Waals surface area contributed by atoms with Gasteiger partial charge in [0.15, 0.2) is 5.84 Å². The standard InChI is InChI=1S/C23H16ClFN2O2/c1-29-18-12-10-17(11-13-18)27-22(19-4-2-3-5-20(19)25)26-21(23(27)28)14-15-6-8-16(24)9-7-15/h2-14H,1H3/b21-14+. The summed E-state index contributed by atoms with van der Waals surface area (Å²) >= 11 is 5.93. The van der Waals surface area contributed by atoms with E-state index < -0.39 is 5.82 Å². The molecule has 1 aliphatic rings. The Labute approximate surface area is 172 Å². The van der Waals surface area contributed by atoms with Crippen LogP contribution in [0.25, 0.3) is 6.08 Å². The second-order valence-electron chi connectivity index (χ2n) is 6.33. The number of amidine groups is 1. The van der Waals surface area contributed by atoms with E-state index in [0.29, 0.717) is 16.5 Å². The molecule has 0 aliphatic carbocycles. The van der Waals surface area contributed by atoms with Crippen LogP contribution in [-0.2, 0) is 4.79 Å². The molecule has 0 atom stereocenters. The van der Waals surface area contributed by atoms with Crippen molar-refractivity contribution in [3.05, 3.63) is 100 Å². The number of rotatable bonds is 4. The molecular weight excluding hydrogens is 391 g/mol. The van der Waals surface area contributed by atoms with Gasteiger partial charge in [0.05, 0.1) is 18.4 Å². The molecule has 1 aliphatic heterocycles.